The van der Waals surface area contributed by atoms with Crippen LogP contribution in [-0.4, -0.2) is 57.0 Å². The summed E-state index contributed by atoms with van der Waals surface area (Å²) in [6.45, 7) is 7.62. The molecule has 1 atom stereocenters. The third-order valence-corrected chi connectivity index (χ3v) is 4.30. The maximum absolute atomic E-state index is 12.5. The van der Waals surface area contributed by atoms with E-state index < -0.39 is 24.0 Å². The van der Waals surface area contributed by atoms with Gasteiger partial charge in [0.05, 0.1) is 11.4 Å². The molecule has 0 bridgehead atoms. The second-order valence-electron chi connectivity index (χ2n) is 6.48. The number of imide groups is 1. The maximum Gasteiger partial charge on any atom is 0.361 e. The number of amides is 3. The fourth-order valence-corrected chi connectivity index (χ4v) is 2.87. The number of carbonyl (C=O) groups excluding carboxylic acids is 3. The average molecular weight is 371 g/mol. The lowest BCUT2D eigenvalue weighted by atomic mass is 10.1. The summed E-state index contributed by atoms with van der Waals surface area (Å²) in [5.74, 6) is -1.33. The zero-order chi connectivity index (χ0) is 19.7. The number of hydrogen-bond donors (Lipinski definition) is 1. The minimum Gasteiger partial charge on any atom is -0.448 e. The zero-order valence-electron chi connectivity index (χ0n) is 15.6. The second kappa shape index (κ2) is 7.18. The highest BCUT2D eigenvalue weighted by molar-refractivity contribution is 5.99. The lowest BCUT2D eigenvalue weighted by molar-refractivity contribution is -0.136. The number of aryl methyl sites for hydroxylation is 3. The van der Waals surface area contributed by atoms with E-state index in [9.17, 15) is 14.4 Å². The molecule has 9 heteroatoms. The van der Waals surface area contributed by atoms with Gasteiger partial charge in [0.2, 0.25) is 0 Å². The predicted molar refractivity (Wildman–Crippen MR) is 95.6 cm³/mol. The molecule has 3 amide bonds. The number of aromatic nitrogens is 3. The topological polar surface area (TPSA) is 106 Å². The standard InChI is InChI=1S/C18H21N5O4/c1-10-5-6-14(11(2)9-10)23-20-12(3)15(21-23)17(25)27-13(4)16(24)22-8-7-19-18(22)26/h5-6,9,13H,7-8H2,1-4H3,(H,19,26)/t13-/m0/s1. The van der Waals surface area contributed by atoms with E-state index in [-0.39, 0.29) is 12.2 Å². The van der Waals surface area contributed by atoms with Crippen molar-refractivity contribution >= 4 is 17.9 Å². The Kier molecular flexibility index (Phi) is 4.93. The maximum atomic E-state index is 12.5. The minimum absolute atomic E-state index is 0.0282. The fraction of sp³-hybridized carbons (Fsp3) is 0.389. The molecular weight excluding hydrogens is 350 g/mol. The Hall–Kier alpha value is -3.23. The molecule has 0 saturated carbocycles. The lowest BCUT2D eigenvalue weighted by Gasteiger charge is -2.17. The number of urea groups is 1. The van der Waals surface area contributed by atoms with Gasteiger partial charge in [0.1, 0.15) is 0 Å². The van der Waals surface area contributed by atoms with Crippen LogP contribution in [0.5, 0.6) is 0 Å². The van der Waals surface area contributed by atoms with Crippen LogP contribution in [0, 0.1) is 20.8 Å². The quantitative estimate of drug-likeness (QED) is 0.812. The van der Waals surface area contributed by atoms with Crippen LogP contribution in [0.1, 0.15) is 34.2 Å². The number of nitrogens with zero attached hydrogens (tertiary/aromatic N) is 4. The van der Waals surface area contributed by atoms with Crippen LogP contribution in [0.4, 0.5) is 4.79 Å². The minimum atomic E-state index is -1.10. The summed E-state index contributed by atoms with van der Waals surface area (Å²) in [6, 6.07) is 5.31. The Labute approximate surface area is 156 Å². The predicted octanol–water partition coefficient (Wildman–Crippen LogP) is 1.29. The van der Waals surface area contributed by atoms with Gasteiger partial charge in [0.15, 0.2) is 11.8 Å². The third kappa shape index (κ3) is 3.67. The highest BCUT2D eigenvalue weighted by Gasteiger charge is 2.32. The molecule has 1 saturated heterocycles. The molecule has 1 fully saturated rings. The van der Waals surface area contributed by atoms with Gasteiger partial charge in [-0.25, -0.2) is 9.59 Å². The molecule has 142 valence electrons. The molecule has 0 radical (unpaired) electrons. The van der Waals surface area contributed by atoms with Gasteiger partial charge in [-0.05, 0) is 39.3 Å². The first-order chi connectivity index (χ1) is 12.8. The van der Waals surface area contributed by atoms with Gasteiger partial charge >= 0.3 is 12.0 Å². The normalized spacial score (nSPS) is 14.8. The van der Waals surface area contributed by atoms with Crippen molar-refractivity contribution in [1.29, 1.82) is 0 Å². The van der Waals surface area contributed by atoms with Crippen molar-refractivity contribution in [2.24, 2.45) is 0 Å². The number of ether oxygens (including phenoxy) is 1. The first-order valence-corrected chi connectivity index (χ1v) is 8.59. The Bertz CT molecular complexity index is 920. The van der Waals surface area contributed by atoms with E-state index >= 15 is 0 Å². The molecule has 1 aliphatic rings. The van der Waals surface area contributed by atoms with E-state index in [4.69, 9.17) is 4.74 Å². The van der Waals surface area contributed by atoms with Crippen LogP contribution >= 0.6 is 0 Å². The Balaban J connectivity index is 1.76. The smallest absolute Gasteiger partial charge is 0.361 e. The van der Waals surface area contributed by atoms with Crippen LogP contribution in [-0.2, 0) is 9.53 Å². The van der Waals surface area contributed by atoms with Crippen LogP contribution < -0.4 is 5.32 Å². The van der Waals surface area contributed by atoms with E-state index in [1.54, 1.807) is 6.92 Å². The molecule has 1 aromatic carbocycles. The van der Waals surface area contributed by atoms with Gasteiger partial charge in [-0.2, -0.15) is 9.90 Å². The third-order valence-electron chi connectivity index (χ3n) is 4.30. The molecule has 1 N–H and O–H groups in total. The van der Waals surface area contributed by atoms with E-state index in [0.29, 0.717) is 12.2 Å². The van der Waals surface area contributed by atoms with Crippen LogP contribution in [0.25, 0.3) is 5.69 Å². The molecule has 2 heterocycles. The van der Waals surface area contributed by atoms with Crippen LogP contribution in [0.2, 0.25) is 0 Å². The monoisotopic (exact) mass is 371 g/mol. The van der Waals surface area contributed by atoms with Gasteiger partial charge in [-0.3, -0.25) is 9.69 Å². The number of carbonyl (C=O) groups is 3. The summed E-state index contributed by atoms with van der Waals surface area (Å²) in [5, 5.41) is 11.0. The van der Waals surface area contributed by atoms with E-state index in [1.165, 1.54) is 11.7 Å². The zero-order valence-corrected chi connectivity index (χ0v) is 15.6. The summed E-state index contributed by atoms with van der Waals surface area (Å²) in [6.07, 6.45) is -1.10. The molecule has 3 rings (SSSR count). The summed E-state index contributed by atoms with van der Waals surface area (Å²) in [4.78, 5) is 38.7. The van der Waals surface area contributed by atoms with Gasteiger partial charge in [-0.1, -0.05) is 17.7 Å². The Morgan fingerprint density at radius 3 is 2.59 bits per heavy atom. The number of nitrogens with one attached hydrogen (secondary N) is 1. The highest BCUT2D eigenvalue weighted by Crippen LogP contribution is 2.16. The average Bonchev–Trinajstić information content (AvgIpc) is 3.19. The summed E-state index contributed by atoms with van der Waals surface area (Å²) < 4.78 is 5.21. The number of benzene rings is 1. The Morgan fingerprint density at radius 1 is 1.22 bits per heavy atom. The molecule has 2 aromatic rings. The molecule has 1 aliphatic heterocycles. The number of rotatable bonds is 4. The second-order valence-corrected chi connectivity index (χ2v) is 6.48. The van der Waals surface area contributed by atoms with Crippen molar-refractivity contribution in [3.8, 4) is 5.69 Å². The molecule has 0 spiro atoms. The van der Waals surface area contributed by atoms with Gasteiger partial charge in [0.25, 0.3) is 5.91 Å². The van der Waals surface area contributed by atoms with Crippen LogP contribution in [0.15, 0.2) is 18.2 Å². The van der Waals surface area contributed by atoms with E-state index in [2.05, 4.69) is 15.5 Å². The fourth-order valence-electron chi connectivity index (χ4n) is 2.87. The Morgan fingerprint density at radius 2 is 1.96 bits per heavy atom. The number of hydrogen-bond acceptors (Lipinski definition) is 6. The van der Waals surface area contributed by atoms with Crippen LogP contribution in [0.3, 0.4) is 0 Å². The van der Waals surface area contributed by atoms with Crippen molar-refractivity contribution in [1.82, 2.24) is 25.2 Å². The molecule has 1 aromatic heterocycles. The van der Waals surface area contributed by atoms with Crippen molar-refractivity contribution in [3.63, 3.8) is 0 Å². The van der Waals surface area contributed by atoms with Crippen molar-refractivity contribution in [2.45, 2.75) is 33.8 Å². The summed E-state index contributed by atoms with van der Waals surface area (Å²) >= 11 is 0. The molecule has 27 heavy (non-hydrogen) atoms. The first-order valence-electron chi connectivity index (χ1n) is 8.59. The van der Waals surface area contributed by atoms with Gasteiger partial charge in [-0.15, -0.1) is 5.10 Å². The molecule has 0 unspecified atom stereocenters. The van der Waals surface area contributed by atoms with E-state index in [1.807, 2.05) is 32.0 Å². The molecule has 9 nitrogen and oxygen atoms in total. The first kappa shape index (κ1) is 18.6. The molecular formula is C18H21N5O4. The largest absolute Gasteiger partial charge is 0.448 e. The van der Waals surface area contributed by atoms with E-state index in [0.717, 1.165) is 21.7 Å². The summed E-state index contributed by atoms with van der Waals surface area (Å²) in [5.41, 5.74) is 3.24. The van der Waals surface area contributed by atoms with Gasteiger partial charge < -0.3 is 10.1 Å². The SMILES string of the molecule is Cc1ccc(-n2nc(C)c(C(=O)O[C@@H](C)C(=O)N3CCNC3=O)n2)c(C)c1. The summed E-state index contributed by atoms with van der Waals surface area (Å²) in [7, 11) is 0. The number of esters is 1. The lowest BCUT2D eigenvalue weighted by Crippen LogP contribution is -2.41. The molecule has 0 aliphatic carbocycles. The van der Waals surface area contributed by atoms with Crippen molar-refractivity contribution in [3.05, 3.63) is 40.7 Å². The van der Waals surface area contributed by atoms with Crippen molar-refractivity contribution in [2.75, 3.05) is 13.1 Å². The van der Waals surface area contributed by atoms with Crippen molar-refractivity contribution < 1.29 is 19.1 Å². The van der Waals surface area contributed by atoms with Gasteiger partial charge in [0, 0.05) is 13.1 Å². The highest BCUT2D eigenvalue weighted by atomic mass is 16.5.